The quantitative estimate of drug-likeness (QED) is 0.714. The minimum Gasteiger partial charge on any atom is -0.322 e. The number of nitrogens with one attached hydrogen (secondary N) is 1. The number of aryl methyl sites for hydroxylation is 2. The van der Waals surface area contributed by atoms with E-state index in [1.807, 2.05) is 13.8 Å². The van der Waals surface area contributed by atoms with Crippen LogP contribution in [0.5, 0.6) is 0 Å². The Balaban J connectivity index is 1.87. The lowest BCUT2D eigenvalue weighted by molar-refractivity contribution is -0.120. The second-order valence-electron chi connectivity index (χ2n) is 8.01. The van der Waals surface area contributed by atoms with Gasteiger partial charge in [-0.1, -0.05) is 0 Å². The third kappa shape index (κ3) is 3.01. The van der Waals surface area contributed by atoms with Crippen molar-refractivity contribution in [2.24, 2.45) is 0 Å². The average molecular weight is 350 g/mol. The number of carbonyl (C=O) groups excluding carboxylic acids is 1. The van der Waals surface area contributed by atoms with E-state index in [1.54, 1.807) is 0 Å². The smallest absolute Gasteiger partial charge is 0.268 e. The van der Waals surface area contributed by atoms with Gasteiger partial charge in [-0.25, -0.2) is 4.39 Å². The second kappa shape index (κ2) is 6.75. The lowest BCUT2D eigenvalue weighted by atomic mass is 9.83. The Labute approximate surface area is 145 Å². The van der Waals surface area contributed by atoms with Gasteiger partial charge in [-0.05, 0) is 82.1 Å². The van der Waals surface area contributed by atoms with Crippen molar-refractivity contribution in [3.05, 3.63) is 29.1 Å². The average Bonchev–Trinajstić information content (AvgIpc) is 2.67. The van der Waals surface area contributed by atoms with Crippen molar-refractivity contribution in [2.75, 3.05) is 24.3 Å². The van der Waals surface area contributed by atoms with E-state index in [-0.39, 0.29) is 16.9 Å². The molecule has 132 valence electrons. The summed E-state index contributed by atoms with van der Waals surface area (Å²) in [6, 6.07) is 3.02. The summed E-state index contributed by atoms with van der Waals surface area (Å²) in [7, 11) is -1.26. The molecule has 2 fully saturated rings. The third-order valence-electron chi connectivity index (χ3n) is 6.43. The van der Waals surface area contributed by atoms with Crippen molar-refractivity contribution in [3.8, 4) is 0 Å². The van der Waals surface area contributed by atoms with Crippen LogP contribution in [0.15, 0.2) is 12.1 Å². The molecule has 24 heavy (non-hydrogen) atoms. The largest absolute Gasteiger partial charge is 0.322 e. The molecule has 4 heteroatoms. The maximum absolute atomic E-state index is 13.5. The van der Waals surface area contributed by atoms with Crippen LogP contribution in [0.2, 0.25) is 0 Å². The Morgan fingerprint density at radius 3 is 2.04 bits per heavy atom. The first-order valence-electron chi connectivity index (χ1n) is 9.31. The fourth-order valence-corrected chi connectivity index (χ4v) is 9.54. The molecule has 0 unspecified atom stereocenters. The van der Waals surface area contributed by atoms with Gasteiger partial charge in [-0.2, -0.15) is 0 Å². The number of carbonyl (C=O) groups is 1. The lowest BCUT2D eigenvalue weighted by Crippen LogP contribution is -2.51. The van der Waals surface area contributed by atoms with Gasteiger partial charge >= 0.3 is 0 Å². The summed E-state index contributed by atoms with van der Waals surface area (Å²) in [5, 5.41) is 3.09. The first-order chi connectivity index (χ1) is 11.4. The molecule has 1 heterocycles. The van der Waals surface area contributed by atoms with E-state index in [1.165, 1.54) is 56.6 Å². The van der Waals surface area contributed by atoms with Crippen LogP contribution in [-0.4, -0.2) is 30.1 Å². The summed E-state index contributed by atoms with van der Waals surface area (Å²) in [5.74, 6) is -0.0196. The van der Waals surface area contributed by atoms with Gasteiger partial charge in [-0.15, -0.1) is 0 Å². The van der Waals surface area contributed by atoms with Crippen LogP contribution in [0.4, 0.5) is 10.1 Å². The number of hydrogen-bond acceptors (Lipinski definition) is 1. The third-order valence-corrected chi connectivity index (χ3v) is 11.7. The molecule has 1 saturated heterocycles. The second-order valence-corrected chi connectivity index (χ2v) is 12.6. The summed E-state index contributed by atoms with van der Waals surface area (Å²) < 4.78 is 13.5. The summed E-state index contributed by atoms with van der Waals surface area (Å²) in [5.41, 5.74) is 2.45. The minimum atomic E-state index is -1.26. The molecule has 1 saturated carbocycles. The van der Waals surface area contributed by atoms with E-state index >= 15 is 0 Å². The van der Waals surface area contributed by atoms with Crippen molar-refractivity contribution in [3.63, 3.8) is 0 Å². The van der Waals surface area contributed by atoms with E-state index in [9.17, 15) is 9.18 Å². The molecule has 0 atom stereocenters. The normalized spacial score (nSPS) is 22.3. The molecule has 1 aromatic rings. The molecule has 3 rings (SSSR count). The molecule has 0 spiro atoms. The molecule has 0 bridgehead atoms. The van der Waals surface area contributed by atoms with Crippen LogP contribution in [0.1, 0.15) is 56.1 Å². The van der Waals surface area contributed by atoms with E-state index < -0.39 is 7.26 Å². The highest BCUT2D eigenvalue weighted by Crippen LogP contribution is 2.74. The molecule has 1 aliphatic carbocycles. The summed E-state index contributed by atoms with van der Waals surface area (Å²) in [6.07, 6.45) is 11.0. The van der Waals surface area contributed by atoms with E-state index in [0.29, 0.717) is 0 Å². The molecule has 0 aromatic heterocycles. The molecule has 1 amide bonds. The molecule has 2 nitrogen and oxygen atoms in total. The predicted octanol–water partition coefficient (Wildman–Crippen LogP) is 5.53. The first-order valence-corrected chi connectivity index (χ1v) is 11.9. The zero-order valence-corrected chi connectivity index (χ0v) is 16.1. The standard InChI is InChI=1S/C20H29FNOP/c1-15-13-17(21)14-16(2)18(15)22-19(23)20(9-8-10-20)24(3)11-6-4-5-7-12-24/h13-14H,4-12H2,1-3H3/p+1. The van der Waals surface area contributed by atoms with Crippen molar-refractivity contribution in [1.82, 2.24) is 0 Å². The Morgan fingerprint density at radius 1 is 1.04 bits per heavy atom. The molecular formula is C20H30FNOP+. The maximum atomic E-state index is 13.5. The summed E-state index contributed by atoms with van der Waals surface area (Å²) in [4.78, 5) is 13.3. The number of benzene rings is 1. The zero-order chi connectivity index (χ0) is 17.4. The molecule has 1 aliphatic heterocycles. The van der Waals surface area contributed by atoms with Crippen molar-refractivity contribution in [2.45, 2.75) is 63.9 Å². The molecule has 1 aromatic carbocycles. The Hall–Kier alpha value is -0.950. The van der Waals surface area contributed by atoms with E-state index in [2.05, 4.69) is 12.0 Å². The van der Waals surface area contributed by atoms with Crippen molar-refractivity contribution >= 4 is 18.9 Å². The Bertz CT molecular complexity index is 608. The lowest BCUT2D eigenvalue weighted by Gasteiger charge is -2.47. The highest BCUT2D eigenvalue weighted by Gasteiger charge is 2.62. The molecular weight excluding hydrogens is 320 g/mol. The van der Waals surface area contributed by atoms with Gasteiger partial charge in [-0.3, -0.25) is 4.79 Å². The first kappa shape index (κ1) is 17.9. The van der Waals surface area contributed by atoms with Crippen LogP contribution in [-0.2, 0) is 4.79 Å². The highest BCUT2D eigenvalue weighted by molar-refractivity contribution is 7.77. The van der Waals surface area contributed by atoms with Crippen LogP contribution in [0, 0.1) is 19.7 Å². The topological polar surface area (TPSA) is 29.1 Å². The van der Waals surface area contributed by atoms with Crippen LogP contribution in [0.3, 0.4) is 0 Å². The Kier molecular flexibility index (Phi) is 5.02. The number of amides is 1. The van der Waals surface area contributed by atoms with Gasteiger partial charge in [0.05, 0.1) is 12.3 Å². The predicted molar refractivity (Wildman–Crippen MR) is 102 cm³/mol. The molecule has 0 radical (unpaired) electrons. The van der Waals surface area contributed by atoms with Gasteiger partial charge < -0.3 is 5.32 Å². The van der Waals surface area contributed by atoms with Crippen LogP contribution < -0.4 is 5.32 Å². The maximum Gasteiger partial charge on any atom is 0.268 e. The van der Waals surface area contributed by atoms with Crippen LogP contribution in [0.25, 0.3) is 0 Å². The summed E-state index contributed by atoms with van der Waals surface area (Å²) >= 11 is 0. The number of rotatable bonds is 3. The van der Waals surface area contributed by atoms with Crippen LogP contribution >= 0.6 is 7.26 Å². The van der Waals surface area contributed by atoms with Gasteiger partial charge in [0.1, 0.15) is 5.82 Å². The van der Waals surface area contributed by atoms with Gasteiger partial charge in [0.25, 0.3) is 5.91 Å². The fourth-order valence-electron chi connectivity index (χ4n) is 4.68. The molecule has 1 N–H and O–H groups in total. The van der Waals surface area contributed by atoms with Gasteiger partial charge in [0, 0.05) is 19.6 Å². The van der Waals surface area contributed by atoms with E-state index in [4.69, 9.17) is 0 Å². The van der Waals surface area contributed by atoms with Crippen molar-refractivity contribution in [1.29, 1.82) is 0 Å². The highest BCUT2D eigenvalue weighted by atomic mass is 31.2. The zero-order valence-electron chi connectivity index (χ0n) is 15.3. The number of hydrogen-bond donors (Lipinski definition) is 1. The van der Waals surface area contributed by atoms with Gasteiger partial charge in [0.15, 0.2) is 5.16 Å². The minimum absolute atomic E-state index is 0.120. The van der Waals surface area contributed by atoms with E-state index in [0.717, 1.165) is 29.7 Å². The number of halogens is 1. The summed E-state index contributed by atoms with van der Waals surface area (Å²) in [6.45, 7) is 6.20. The SMILES string of the molecule is Cc1cc(F)cc(C)c1NC(=O)C1([P+]2(C)CCCCCC2)CCC1. The van der Waals surface area contributed by atoms with Crippen molar-refractivity contribution < 1.29 is 9.18 Å². The number of anilines is 1. The molecule has 2 aliphatic rings. The Morgan fingerprint density at radius 2 is 1.58 bits per heavy atom. The monoisotopic (exact) mass is 350 g/mol. The fraction of sp³-hybridized carbons (Fsp3) is 0.650. The van der Waals surface area contributed by atoms with Gasteiger partial charge in [0.2, 0.25) is 0 Å².